The maximum Gasteiger partial charge on any atom is 0.148 e. The van der Waals surface area contributed by atoms with E-state index in [0.29, 0.717) is 6.54 Å². The Morgan fingerprint density at radius 3 is 2.59 bits per heavy atom. The monoisotopic (exact) mass is 257 g/mol. The summed E-state index contributed by atoms with van der Waals surface area (Å²) in [5.74, 6) is 0.957. The van der Waals surface area contributed by atoms with Gasteiger partial charge in [0.05, 0.1) is 12.9 Å². The van der Waals surface area contributed by atoms with Crippen molar-refractivity contribution >= 4 is 9.84 Å². The maximum atomic E-state index is 11.0. The summed E-state index contributed by atoms with van der Waals surface area (Å²) in [5, 5.41) is 3.17. The Morgan fingerprint density at radius 1 is 1.35 bits per heavy atom. The van der Waals surface area contributed by atoms with E-state index in [4.69, 9.17) is 4.74 Å². The molecule has 0 saturated carbocycles. The van der Waals surface area contributed by atoms with Crippen LogP contribution in [0.3, 0.4) is 0 Å². The number of sulfone groups is 1. The lowest BCUT2D eigenvalue weighted by Crippen LogP contribution is -2.25. The van der Waals surface area contributed by atoms with Crippen molar-refractivity contribution in [3.63, 3.8) is 0 Å². The van der Waals surface area contributed by atoms with Gasteiger partial charge in [0.1, 0.15) is 15.6 Å². The average molecular weight is 257 g/mol. The maximum absolute atomic E-state index is 11.0. The number of para-hydroxylation sites is 1. The number of rotatable bonds is 6. The van der Waals surface area contributed by atoms with Crippen LogP contribution in [-0.2, 0) is 9.84 Å². The minimum atomic E-state index is -2.91. The van der Waals surface area contributed by atoms with Gasteiger partial charge in [0.15, 0.2) is 0 Å². The highest BCUT2D eigenvalue weighted by atomic mass is 32.2. The summed E-state index contributed by atoms with van der Waals surface area (Å²) in [5.41, 5.74) is 1.03. The number of hydrogen-bond acceptors (Lipinski definition) is 4. The molecule has 4 nitrogen and oxygen atoms in total. The second-order valence-electron chi connectivity index (χ2n) is 4.05. The fourth-order valence-corrected chi connectivity index (χ4v) is 2.08. The van der Waals surface area contributed by atoms with Gasteiger partial charge < -0.3 is 10.1 Å². The van der Waals surface area contributed by atoms with Crippen LogP contribution < -0.4 is 10.1 Å². The second kappa shape index (κ2) is 6.02. The Labute approximate surface area is 103 Å². The van der Waals surface area contributed by atoms with E-state index in [1.54, 1.807) is 7.11 Å². The van der Waals surface area contributed by atoms with Crippen molar-refractivity contribution in [1.29, 1.82) is 0 Å². The zero-order chi connectivity index (χ0) is 12.9. The largest absolute Gasteiger partial charge is 0.496 e. The molecule has 1 aromatic carbocycles. The molecular weight excluding hydrogens is 238 g/mol. The van der Waals surface area contributed by atoms with E-state index in [-0.39, 0.29) is 11.8 Å². The molecule has 0 radical (unpaired) electrons. The Morgan fingerprint density at radius 2 is 2.00 bits per heavy atom. The number of ether oxygens (including phenoxy) is 1. The molecule has 0 amide bonds. The molecule has 0 aromatic heterocycles. The van der Waals surface area contributed by atoms with E-state index >= 15 is 0 Å². The summed E-state index contributed by atoms with van der Waals surface area (Å²) in [6.45, 7) is 2.43. The molecule has 0 heterocycles. The minimum Gasteiger partial charge on any atom is -0.496 e. The predicted molar refractivity (Wildman–Crippen MR) is 69.1 cm³/mol. The number of hydrogen-bond donors (Lipinski definition) is 1. The highest BCUT2D eigenvalue weighted by Gasteiger charge is 2.10. The van der Waals surface area contributed by atoms with E-state index < -0.39 is 9.84 Å². The molecule has 1 aromatic rings. The highest BCUT2D eigenvalue weighted by Crippen LogP contribution is 2.23. The number of methoxy groups -OCH3 is 1. The van der Waals surface area contributed by atoms with Crippen molar-refractivity contribution in [3.8, 4) is 5.75 Å². The van der Waals surface area contributed by atoms with Gasteiger partial charge in [-0.1, -0.05) is 18.2 Å². The highest BCUT2D eigenvalue weighted by molar-refractivity contribution is 7.90. The SMILES string of the molecule is COc1ccccc1[C@@H](C)NCCS(C)(=O)=O. The molecule has 0 fully saturated rings. The van der Waals surface area contributed by atoms with Gasteiger partial charge in [-0.3, -0.25) is 0 Å². The van der Waals surface area contributed by atoms with E-state index in [1.165, 1.54) is 6.26 Å². The van der Waals surface area contributed by atoms with Crippen molar-refractivity contribution in [2.75, 3.05) is 25.7 Å². The van der Waals surface area contributed by atoms with Crippen LogP contribution in [0.15, 0.2) is 24.3 Å². The molecule has 0 unspecified atom stereocenters. The molecule has 5 heteroatoms. The molecule has 0 spiro atoms. The Kier molecular flexibility index (Phi) is 4.96. The summed E-state index contributed by atoms with van der Waals surface area (Å²) in [4.78, 5) is 0. The summed E-state index contributed by atoms with van der Waals surface area (Å²) in [6, 6.07) is 7.77. The first kappa shape index (κ1) is 14.0. The third-order valence-electron chi connectivity index (χ3n) is 2.53. The van der Waals surface area contributed by atoms with Crippen LogP contribution in [0.1, 0.15) is 18.5 Å². The first-order valence-corrected chi connectivity index (χ1v) is 7.54. The standard InChI is InChI=1S/C12H19NO3S/c1-10(13-8-9-17(3,14)15)11-6-4-5-7-12(11)16-2/h4-7,10,13H,8-9H2,1-3H3/t10-/m1/s1. The molecule has 1 rings (SSSR count). The fraction of sp³-hybridized carbons (Fsp3) is 0.500. The van der Waals surface area contributed by atoms with E-state index in [2.05, 4.69) is 5.32 Å². The summed E-state index contributed by atoms with van der Waals surface area (Å²) < 4.78 is 27.3. The zero-order valence-corrected chi connectivity index (χ0v) is 11.3. The smallest absolute Gasteiger partial charge is 0.148 e. The molecule has 0 bridgehead atoms. The zero-order valence-electron chi connectivity index (χ0n) is 10.4. The lowest BCUT2D eigenvalue weighted by molar-refractivity contribution is 0.402. The van der Waals surface area contributed by atoms with E-state index in [1.807, 2.05) is 31.2 Å². The molecule has 96 valence electrons. The quantitative estimate of drug-likeness (QED) is 0.836. The van der Waals surface area contributed by atoms with Crippen LogP contribution in [0.5, 0.6) is 5.75 Å². The number of benzene rings is 1. The molecule has 0 aliphatic rings. The average Bonchev–Trinajstić information content (AvgIpc) is 2.27. The van der Waals surface area contributed by atoms with E-state index in [0.717, 1.165) is 11.3 Å². The van der Waals surface area contributed by atoms with Gasteiger partial charge in [0, 0.05) is 24.4 Å². The first-order valence-electron chi connectivity index (χ1n) is 5.48. The summed E-state index contributed by atoms with van der Waals surface area (Å²) in [7, 11) is -1.28. The molecular formula is C12H19NO3S. The molecule has 1 atom stereocenters. The van der Waals surface area contributed by atoms with Gasteiger partial charge in [0.2, 0.25) is 0 Å². The van der Waals surface area contributed by atoms with Crippen molar-refractivity contribution < 1.29 is 13.2 Å². The van der Waals surface area contributed by atoms with Crippen LogP contribution in [0, 0.1) is 0 Å². The normalized spacial score (nSPS) is 13.4. The molecule has 0 saturated heterocycles. The van der Waals surface area contributed by atoms with Crippen LogP contribution in [0.4, 0.5) is 0 Å². The van der Waals surface area contributed by atoms with Crippen molar-refractivity contribution in [2.45, 2.75) is 13.0 Å². The second-order valence-corrected chi connectivity index (χ2v) is 6.31. The first-order chi connectivity index (χ1) is 7.94. The molecule has 0 aliphatic heterocycles. The lowest BCUT2D eigenvalue weighted by atomic mass is 10.1. The van der Waals surface area contributed by atoms with Crippen molar-refractivity contribution in [3.05, 3.63) is 29.8 Å². The van der Waals surface area contributed by atoms with Gasteiger partial charge in [-0.15, -0.1) is 0 Å². The molecule has 17 heavy (non-hydrogen) atoms. The minimum absolute atomic E-state index is 0.0629. The molecule has 1 N–H and O–H groups in total. The summed E-state index contributed by atoms with van der Waals surface area (Å²) >= 11 is 0. The lowest BCUT2D eigenvalue weighted by Gasteiger charge is -2.16. The predicted octanol–water partition coefficient (Wildman–Crippen LogP) is 1.39. The van der Waals surface area contributed by atoms with Crippen LogP contribution in [0.2, 0.25) is 0 Å². The summed E-state index contributed by atoms with van der Waals surface area (Å²) in [6.07, 6.45) is 1.24. The Balaban J connectivity index is 2.61. The Hall–Kier alpha value is -1.07. The van der Waals surface area contributed by atoms with Gasteiger partial charge >= 0.3 is 0 Å². The molecule has 0 aliphatic carbocycles. The van der Waals surface area contributed by atoms with Gasteiger partial charge in [0.25, 0.3) is 0 Å². The topological polar surface area (TPSA) is 55.4 Å². The third-order valence-corrected chi connectivity index (χ3v) is 3.47. The van der Waals surface area contributed by atoms with Crippen molar-refractivity contribution in [2.24, 2.45) is 0 Å². The van der Waals surface area contributed by atoms with Gasteiger partial charge in [-0.05, 0) is 13.0 Å². The van der Waals surface area contributed by atoms with E-state index in [9.17, 15) is 8.42 Å². The van der Waals surface area contributed by atoms with Crippen LogP contribution in [0.25, 0.3) is 0 Å². The van der Waals surface area contributed by atoms with Gasteiger partial charge in [-0.25, -0.2) is 8.42 Å². The van der Waals surface area contributed by atoms with Gasteiger partial charge in [-0.2, -0.15) is 0 Å². The van der Waals surface area contributed by atoms with Crippen molar-refractivity contribution in [1.82, 2.24) is 5.32 Å². The number of nitrogens with one attached hydrogen (secondary N) is 1. The van der Waals surface area contributed by atoms with Crippen LogP contribution in [-0.4, -0.2) is 34.1 Å². The Bertz CT molecular complexity index is 457. The third kappa shape index (κ3) is 4.75. The fourth-order valence-electron chi connectivity index (χ4n) is 1.59. The van der Waals surface area contributed by atoms with Crippen LogP contribution >= 0.6 is 0 Å².